The van der Waals surface area contributed by atoms with Crippen LogP contribution in [0.4, 0.5) is 11.5 Å². The minimum absolute atomic E-state index is 0.251. The van der Waals surface area contributed by atoms with Crippen LogP contribution in [-0.2, 0) is 6.54 Å². The van der Waals surface area contributed by atoms with E-state index in [4.69, 9.17) is 4.98 Å². The second-order valence-corrected chi connectivity index (χ2v) is 7.07. The van der Waals surface area contributed by atoms with Gasteiger partial charge in [-0.25, -0.2) is 9.50 Å². The van der Waals surface area contributed by atoms with Gasteiger partial charge in [-0.15, -0.1) is 0 Å². The first-order valence-corrected chi connectivity index (χ1v) is 9.62. The fourth-order valence-corrected chi connectivity index (χ4v) is 3.32. The SMILES string of the molecule is CN(Cc1ccccc1)c1cc(-c2cn[nH]c2)n2nc(C(=O)Nc3cn[nH]c3)cc2n1. The van der Waals surface area contributed by atoms with Gasteiger partial charge < -0.3 is 10.2 Å². The second kappa shape index (κ2) is 7.75. The summed E-state index contributed by atoms with van der Waals surface area (Å²) in [5.74, 6) is 0.415. The number of nitrogens with zero attached hydrogens (tertiary/aromatic N) is 6. The number of rotatable bonds is 6. The van der Waals surface area contributed by atoms with E-state index in [0.29, 0.717) is 17.9 Å². The van der Waals surface area contributed by atoms with Gasteiger partial charge in [0.15, 0.2) is 11.3 Å². The smallest absolute Gasteiger partial charge is 0.276 e. The predicted molar refractivity (Wildman–Crippen MR) is 116 cm³/mol. The molecule has 1 amide bonds. The van der Waals surface area contributed by atoms with Crippen LogP contribution in [-0.4, -0.2) is 47.9 Å². The van der Waals surface area contributed by atoms with E-state index in [9.17, 15) is 4.79 Å². The van der Waals surface area contributed by atoms with Crippen LogP contribution in [0.15, 0.2) is 67.3 Å². The van der Waals surface area contributed by atoms with Gasteiger partial charge in [-0.05, 0) is 5.56 Å². The third-order valence-electron chi connectivity index (χ3n) is 4.85. The minimum atomic E-state index is -0.343. The molecule has 0 fully saturated rings. The maximum atomic E-state index is 12.7. The van der Waals surface area contributed by atoms with E-state index in [1.165, 1.54) is 11.8 Å². The molecule has 0 atom stereocenters. The Morgan fingerprint density at radius 1 is 1.10 bits per heavy atom. The molecule has 0 spiro atoms. The van der Waals surface area contributed by atoms with Crippen molar-refractivity contribution in [2.45, 2.75) is 6.54 Å². The molecule has 0 aliphatic carbocycles. The van der Waals surface area contributed by atoms with Gasteiger partial charge in [0.1, 0.15) is 5.82 Å². The summed E-state index contributed by atoms with van der Waals surface area (Å²) in [4.78, 5) is 19.4. The zero-order valence-electron chi connectivity index (χ0n) is 16.6. The summed E-state index contributed by atoms with van der Waals surface area (Å²) in [7, 11) is 1.98. The molecular formula is C21H19N9O. The molecule has 1 aromatic carbocycles. The highest BCUT2D eigenvalue weighted by molar-refractivity contribution is 6.03. The molecule has 4 aromatic heterocycles. The molecule has 10 heteroatoms. The molecule has 0 bridgehead atoms. The van der Waals surface area contributed by atoms with E-state index in [-0.39, 0.29) is 11.6 Å². The highest BCUT2D eigenvalue weighted by Gasteiger charge is 2.18. The highest BCUT2D eigenvalue weighted by atomic mass is 16.2. The Hall–Kier alpha value is -4.47. The van der Waals surface area contributed by atoms with Crippen LogP contribution in [0.25, 0.3) is 16.9 Å². The van der Waals surface area contributed by atoms with Crippen molar-refractivity contribution in [3.8, 4) is 11.3 Å². The normalized spacial score (nSPS) is 11.0. The van der Waals surface area contributed by atoms with Crippen molar-refractivity contribution in [2.24, 2.45) is 0 Å². The van der Waals surface area contributed by atoms with Crippen molar-refractivity contribution >= 4 is 23.1 Å². The summed E-state index contributed by atoms with van der Waals surface area (Å²) in [6.07, 6.45) is 6.62. The third kappa shape index (κ3) is 3.73. The van der Waals surface area contributed by atoms with Gasteiger partial charge in [0.05, 0.1) is 23.8 Å². The van der Waals surface area contributed by atoms with E-state index in [1.54, 1.807) is 29.2 Å². The van der Waals surface area contributed by atoms with Gasteiger partial charge >= 0.3 is 0 Å². The molecule has 0 saturated carbocycles. The Morgan fingerprint density at radius 2 is 1.90 bits per heavy atom. The lowest BCUT2D eigenvalue weighted by Gasteiger charge is -2.19. The van der Waals surface area contributed by atoms with Crippen molar-refractivity contribution in [3.05, 3.63) is 78.5 Å². The third-order valence-corrected chi connectivity index (χ3v) is 4.85. The van der Waals surface area contributed by atoms with Crippen LogP contribution in [0, 0.1) is 0 Å². The number of aromatic nitrogens is 7. The number of hydrogen-bond donors (Lipinski definition) is 3. The first-order chi connectivity index (χ1) is 15.2. The first kappa shape index (κ1) is 18.6. The first-order valence-electron chi connectivity index (χ1n) is 9.62. The number of anilines is 2. The molecule has 0 radical (unpaired) electrons. The molecule has 0 unspecified atom stereocenters. The Kier molecular flexibility index (Phi) is 4.64. The van der Waals surface area contributed by atoms with Crippen molar-refractivity contribution in [3.63, 3.8) is 0 Å². The highest BCUT2D eigenvalue weighted by Crippen LogP contribution is 2.25. The monoisotopic (exact) mass is 413 g/mol. The molecule has 0 saturated heterocycles. The van der Waals surface area contributed by atoms with E-state index >= 15 is 0 Å². The largest absolute Gasteiger partial charge is 0.355 e. The number of hydrogen-bond acceptors (Lipinski definition) is 6. The lowest BCUT2D eigenvalue weighted by atomic mass is 10.2. The van der Waals surface area contributed by atoms with Gasteiger partial charge in [-0.1, -0.05) is 30.3 Å². The van der Waals surface area contributed by atoms with Crippen LogP contribution in [0.5, 0.6) is 0 Å². The number of H-pyrrole nitrogens is 2. The maximum absolute atomic E-state index is 12.7. The van der Waals surface area contributed by atoms with Crippen LogP contribution < -0.4 is 10.2 Å². The number of carbonyl (C=O) groups excluding carboxylic acids is 1. The topological polar surface area (TPSA) is 120 Å². The number of aromatic amines is 2. The summed E-state index contributed by atoms with van der Waals surface area (Å²) in [6.45, 7) is 0.691. The molecule has 5 aromatic rings. The number of benzene rings is 1. The average Bonchev–Trinajstić information content (AvgIpc) is 3.54. The summed E-state index contributed by atoms with van der Waals surface area (Å²) in [5.41, 5.74) is 4.16. The molecule has 5 rings (SSSR count). The summed E-state index contributed by atoms with van der Waals surface area (Å²) < 4.78 is 1.65. The van der Waals surface area contributed by atoms with E-state index in [1.807, 2.05) is 31.3 Å². The average molecular weight is 413 g/mol. The Labute approximate surface area is 176 Å². The number of carbonyl (C=O) groups is 1. The molecule has 31 heavy (non-hydrogen) atoms. The summed E-state index contributed by atoms with van der Waals surface area (Å²) >= 11 is 0. The number of fused-ring (bicyclic) bond motifs is 1. The molecule has 0 aliphatic heterocycles. The van der Waals surface area contributed by atoms with Crippen molar-refractivity contribution in [1.82, 2.24) is 35.0 Å². The summed E-state index contributed by atoms with van der Waals surface area (Å²) in [5, 5.41) is 20.6. The Morgan fingerprint density at radius 3 is 2.65 bits per heavy atom. The van der Waals surface area contributed by atoms with Gasteiger partial charge in [0.25, 0.3) is 5.91 Å². The Balaban J connectivity index is 1.54. The zero-order chi connectivity index (χ0) is 21.2. The van der Waals surface area contributed by atoms with Crippen LogP contribution >= 0.6 is 0 Å². The molecular weight excluding hydrogens is 394 g/mol. The van der Waals surface area contributed by atoms with Crippen LogP contribution in [0.3, 0.4) is 0 Å². The lowest BCUT2D eigenvalue weighted by molar-refractivity contribution is 0.102. The fourth-order valence-electron chi connectivity index (χ4n) is 3.32. The van der Waals surface area contributed by atoms with Crippen molar-refractivity contribution in [2.75, 3.05) is 17.3 Å². The number of nitrogens with one attached hydrogen (secondary N) is 3. The quantitative estimate of drug-likeness (QED) is 0.394. The molecule has 154 valence electrons. The molecule has 10 nitrogen and oxygen atoms in total. The Bertz CT molecular complexity index is 1310. The number of amides is 1. The maximum Gasteiger partial charge on any atom is 0.276 e. The van der Waals surface area contributed by atoms with Gasteiger partial charge in [0, 0.05) is 43.7 Å². The minimum Gasteiger partial charge on any atom is -0.355 e. The molecule has 3 N–H and O–H groups in total. The van der Waals surface area contributed by atoms with Gasteiger partial charge in [0.2, 0.25) is 0 Å². The summed E-state index contributed by atoms with van der Waals surface area (Å²) in [6, 6.07) is 13.8. The molecule has 4 heterocycles. The van der Waals surface area contributed by atoms with E-state index in [0.717, 1.165) is 17.1 Å². The van der Waals surface area contributed by atoms with Crippen molar-refractivity contribution in [1.29, 1.82) is 0 Å². The van der Waals surface area contributed by atoms with E-state index in [2.05, 4.69) is 47.8 Å². The predicted octanol–water partition coefficient (Wildman–Crippen LogP) is 2.73. The van der Waals surface area contributed by atoms with E-state index < -0.39 is 0 Å². The van der Waals surface area contributed by atoms with Gasteiger partial charge in [-0.2, -0.15) is 15.3 Å². The zero-order valence-corrected chi connectivity index (χ0v) is 16.6. The second-order valence-electron chi connectivity index (χ2n) is 7.07. The van der Waals surface area contributed by atoms with Gasteiger partial charge in [-0.3, -0.25) is 15.0 Å². The van der Waals surface area contributed by atoms with Crippen LogP contribution in [0.2, 0.25) is 0 Å². The van der Waals surface area contributed by atoms with Crippen LogP contribution in [0.1, 0.15) is 16.1 Å². The molecule has 0 aliphatic rings. The van der Waals surface area contributed by atoms with Crippen molar-refractivity contribution < 1.29 is 4.79 Å². The lowest BCUT2D eigenvalue weighted by Crippen LogP contribution is -2.18. The standard InChI is InChI=1S/C21H19N9O/c1-29(13-14-5-3-2-4-6-14)19-8-18(15-9-22-23-10-15)30-20(27-19)7-17(28-30)21(31)26-16-11-24-25-12-16/h2-12H,13H2,1H3,(H,22,23)(H,24,25)(H,26,31). The fraction of sp³-hybridized carbons (Fsp3) is 0.0952.